The van der Waals surface area contributed by atoms with Crippen molar-refractivity contribution in [1.82, 2.24) is 9.97 Å². The molecule has 0 aliphatic heterocycles. The third-order valence-electron chi connectivity index (χ3n) is 2.66. The highest BCUT2D eigenvalue weighted by Crippen LogP contribution is 2.24. The van der Waals surface area contributed by atoms with Crippen molar-refractivity contribution >= 4 is 17.8 Å². The van der Waals surface area contributed by atoms with Crippen LogP contribution in [0, 0.1) is 5.41 Å². The molecule has 2 N–H and O–H groups in total. The lowest BCUT2D eigenvalue weighted by molar-refractivity contribution is -0.137. The summed E-state index contributed by atoms with van der Waals surface area (Å²) in [6, 6.07) is 1.30. The Morgan fingerprint density at radius 2 is 2.10 bits per heavy atom. The van der Waals surface area contributed by atoms with Gasteiger partial charge in [-0.05, 0) is 17.9 Å². The van der Waals surface area contributed by atoms with Gasteiger partial charge in [0.15, 0.2) is 0 Å². The average Bonchev–Trinajstić information content (AvgIpc) is 2.35. The summed E-state index contributed by atoms with van der Waals surface area (Å²) in [6.45, 7) is 6.09. The molecule has 21 heavy (non-hydrogen) atoms. The molecule has 7 heteroatoms. The van der Waals surface area contributed by atoms with Gasteiger partial charge >= 0.3 is 11.9 Å². The summed E-state index contributed by atoms with van der Waals surface area (Å²) in [5, 5.41) is 12.0. The second-order valence-electron chi connectivity index (χ2n) is 5.96. The minimum Gasteiger partial charge on any atom is -0.481 e. The van der Waals surface area contributed by atoms with E-state index in [1.807, 2.05) is 20.8 Å². The number of carboxylic acids is 1. The number of carbonyl (C=O) groups is 2. The van der Waals surface area contributed by atoms with Crippen LogP contribution in [0.4, 0.5) is 5.82 Å². The summed E-state index contributed by atoms with van der Waals surface area (Å²) in [6.07, 6.45) is 2.04. The Balaban J connectivity index is 2.87. The van der Waals surface area contributed by atoms with Crippen LogP contribution in [0.1, 0.15) is 44.2 Å². The van der Waals surface area contributed by atoms with Crippen LogP contribution in [-0.4, -0.2) is 40.2 Å². The predicted molar refractivity (Wildman–Crippen MR) is 77.1 cm³/mol. The molecule has 1 unspecified atom stereocenters. The fraction of sp³-hybridized carbons (Fsp3) is 0.571. The Hall–Kier alpha value is -2.18. The van der Waals surface area contributed by atoms with Crippen LogP contribution in [0.15, 0.2) is 12.3 Å². The lowest BCUT2D eigenvalue weighted by atomic mass is 9.87. The number of methoxy groups -OCH3 is 1. The van der Waals surface area contributed by atoms with Crippen LogP contribution < -0.4 is 5.32 Å². The second-order valence-corrected chi connectivity index (χ2v) is 5.96. The van der Waals surface area contributed by atoms with E-state index in [-0.39, 0.29) is 23.7 Å². The van der Waals surface area contributed by atoms with E-state index in [2.05, 4.69) is 20.0 Å². The summed E-state index contributed by atoms with van der Waals surface area (Å²) in [5.41, 5.74) is -0.0364. The Labute approximate surface area is 123 Å². The van der Waals surface area contributed by atoms with Crippen molar-refractivity contribution in [3.63, 3.8) is 0 Å². The van der Waals surface area contributed by atoms with Gasteiger partial charge in [0.25, 0.3) is 0 Å². The first-order chi connectivity index (χ1) is 9.71. The molecule has 7 nitrogen and oxygen atoms in total. The fourth-order valence-electron chi connectivity index (χ4n) is 1.96. The number of nitrogens with one attached hydrogen (secondary N) is 1. The molecule has 1 aromatic heterocycles. The van der Waals surface area contributed by atoms with Crippen molar-refractivity contribution in [2.24, 2.45) is 5.41 Å². The zero-order valence-corrected chi connectivity index (χ0v) is 12.7. The van der Waals surface area contributed by atoms with Crippen LogP contribution in [0.5, 0.6) is 0 Å². The van der Waals surface area contributed by atoms with E-state index in [0.717, 1.165) is 0 Å². The van der Waals surface area contributed by atoms with Crippen molar-refractivity contribution in [3.8, 4) is 0 Å². The summed E-state index contributed by atoms with van der Waals surface area (Å²) in [7, 11) is 1.25. The number of aromatic nitrogens is 2. The maximum atomic E-state index is 11.4. The molecular weight excluding hydrogens is 274 g/mol. The second kappa shape index (κ2) is 7.01. The average molecular weight is 295 g/mol. The number of hydrogen-bond donors (Lipinski definition) is 2. The number of nitrogens with zero attached hydrogens (tertiary/aromatic N) is 2. The van der Waals surface area contributed by atoms with Crippen molar-refractivity contribution in [2.75, 3.05) is 12.4 Å². The number of carboxylic acid groups (broad SMARTS) is 1. The van der Waals surface area contributed by atoms with Gasteiger partial charge in [-0.1, -0.05) is 20.8 Å². The van der Waals surface area contributed by atoms with E-state index < -0.39 is 11.9 Å². The van der Waals surface area contributed by atoms with Gasteiger partial charge in [-0.3, -0.25) is 4.79 Å². The van der Waals surface area contributed by atoms with Crippen molar-refractivity contribution in [3.05, 3.63) is 18.1 Å². The van der Waals surface area contributed by atoms with Gasteiger partial charge in [0.05, 0.1) is 13.5 Å². The first kappa shape index (κ1) is 16.9. The lowest BCUT2D eigenvalue weighted by Crippen LogP contribution is -2.29. The molecule has 116 valence electrons. The molecule has 0 spiro atoms. The van der Waals surface area contributed by atoms with E-state index in [1.54, 1.807) is 6.07 Å². The quantitative estimate of drug-likeness (QED) is 0.773. The van der Waals surface area contributed by atoms with Gasteiger partial charge in [-0.15, -0.1) is 0 Å². The molecule has 0 aliphatic carbocycles. The molecular formula is C14H21N3O4. The van der Waals surface area contributed by atoms with Crippen LogP contribution >= 0.6 is 0 Å². The largest absolute Gasteiger partial charge is 0.481 e. The number of ether oxygens (including phenoxy) is 1. The number of rotatable bonds is 6. The number of aliphatic carboxylic acids is 1. The smallest absolute Gasteiger partial charge is 0.376 e. The zero-order chi connectivity index (χ0) is 16.0. The molecule has 0 aromatic carbocycles. The summed E-state index contributed by atoms with van der Waals surface area (Å²) >= 11 is 0. The number of anilines is 1. The van der Waals surface area contributed by atoms with Gasteiger partial charge in [-0.2, -0.15) is 0 Å². The zero-order valence-electron chi connectivity index (χ0n) is 12.7. The van der Waals surface area contributed by atoms with Crippen LogP contribution in [0.25, 0.3) is 0 Å². The first-order valence-electron chi connectivity index (χ1n) is 6.61. The van der Waals surface area contributed by atoms with Crippen LogP contribution in [0.2, 0.25) is 0 Å². The lowest BCUT2D eigenvalue weighted by Gasteiger charge is -2.26. The van der Waals surface area contributed by atoms with Gasteiger partial charge in [0.1, 0.15) is 5.82 Å². The maximum Gasteiger partial charge on any atom is 0.376 e. The molecule has 0 amide bonds. The molecule has 0 aliphatic rings. The van der Waals surface area contributed by atoms with Crippen molar-refractivity contribution in [2.45, 2.75) is 39.7 Å². The number of hydrogen-bond acceptors (Lipinski definition) is 6. The third-order valence-corrected chi connectivity index (χ3v) is 2.66. The normalized spacial score (nSPS) is 12.6. The first-order valence-corrected chi connectivity index (χ1v) is 6.61. The van der Waals surface area contributed by atoms with Crippen molar-refractivity contribution in [1.29, 1.82) is 0 Å². The van der Waals surface area contributed by atoms with Crippen LogP contribution in [0.3, 0.4) is 0 Å². The Bertz CT molecular complexity index is 511. The summed E-state index contributed by atoms with van der Waals surface area (Å²) in [4.78, 5) is 30.2. The Morgan fingerprint density at radius 3 is 2.62 bits per heavy atom. The molecule has 1 rings (SSSR count). The minimum absolute atomic E-state index is 0.0329. The molecule has 0 bridgehead atoms. The van der Waals surface area contributed by atoms with Gasteiger partial charge in [-0.25, -0.2) is 14.8 Å². The van der Waals surface area contributed by atoms with E-state index >= 15 is 0 Å². The van der Waals surface area contributed by atoms with Crippen molar-refractivity contribution < 1.29 is 19.4 Å². The number of carbonyl (C=O) groups excluding carboxylic acids is 1. The molecule has 1 atom stereocenters. The molecule has 1 aromatic rings. The minimum atomic E-state index is -0.890. The van der Waals surface area contributed by atoms with E-state index in [0.29, 0.717) is 12.2 Å². The van der Waals surface area contributed by atoms with Crippen LogP contribution in [-0.2, 0) is 9.53 Å². The third kappa shape index (κ3) is 6.20. The molecule has 0 radical (unpaired) electrons. The molecule has 0 fully saturated rings. The maximum absolute atomic E-state index is 11.4. The highest BCUT2D eigenvalue weighted by Gasteiger charge is 2.22. The van der Waals surface area contributed by atoms with Gasteiger partial charge in [0, 0.05) is 12.2 Å². The predicted octanol–water partition coefficient (Wildman–Crippen LogP) is 1.95. The van der Waals surface area contributed by atoms with E-state index in [9.17, 15) is 9.59 Å². The topological polar surface area (TPSA) is 101 Å². The van der Waals surface area contributed by atoms with Gasteiger partial charge in [0.2, 0.25) is 5.82 Å². The number of esters is 1. The fourth-order valence-corrected chi connectivity index (χ4v) is 1.96. The highest BCUT2D eigenvalue weighted by molar-refractivity contribution is 5.85. The SMILES string of the molecule is COC(=O)c1nccc(NC(CC(=O)O)CC(C)(C)C)n1. The standard InChI is InChI=1S/C14H21N3O4/c1-14(2,3)8-9(7-11(18)19)16-10-5-6-15-12(17-10)13(20)21-4/h5-6,9H,7-8H2,1-4H3,(H,18,19)(H,15,16,17). The monoisotopic (exact) mass is 295 g/mol. The van der Waals surface area contributed by atoms with E-state index in [4.69, 9.17) is 5.11 Å². The summed E-state index contributed by atoms with van der Waals surface area (Å²) in [5.74, 6) is -1.18. The Morgan fingerprint density at radius 1 is 1.43 bits per heavy atom. The molecule has 0 saturated carbocycles. The molecule has 0 saturated heterocycles. The highest BCUT2D eigenvalue weighted by atomic mass is 16.5. The Kier molecular flexibility index (Phi) is 5.63. The summed E-state index contributed by atoms with van der Waals surface area (Å²) < 4.78 is 4.56. The van der Waals surface area contributed by atoms with E-state index in [1.165, 1.54) is 13.3 Å². The van der Waals surface area contributed by atoms with Gasteiger partial charge < -0.3 is 15.2 Å². The molecule has 1 heterocycles.